The highest BCUT2D eigenvalue weighted by molar-refractivity contribution is 5.80. The third kappa shape index (κ3) is 1.46. The lowest BCUT2D eigenvalue weighted by Crippen LogP contribution is -2.40. The first kappa shape index (κ1) is 7.94. The van der Waals surface area contributed by atoms with E-state index in [1.807, 2.05) is 0 Å². The van der Waals surface area contributed by atoms with Gasteiger partial charge in [0.2, 0.25) is 11.8 Å². The van der Waals surface area contributed by atoms with Gasteiger partial charge in [-0.05, 0) is 6.08 Å². The van der Waals surface area contributed by atoms with Crippen LogP contribution in [0.4, 0.5) is 4.39 Å². The molecular weight excluding hydrogens is 149 g/mol. The summed E-state index contributed by atoms with van der Waals surface area (Å²) in [5.74, 6) is -4.77. The van der Waals surface area contributed by atoms with E-state index in [0.29, 0.717) is 0 Å². The maximum Gasteiger partial charge on any atom is 0.241 e. The fraction of sp³-hybridized carbons (Fsp3) is 0.286. The van der Waals surface area contributed by atoms with Gasteiger partial charge >= 0.3 is 0 Å². The summed E-state index contributed by atoms with van der Waals surface area (Å²) in [6, 6.07) is 0. The van der Waals surface area contributed by atoms with Gasteiger partial charge in [-0.3, -0.25) is 4.79 Å². The SMILES string of the molecule is NC(=O)C1C=CC=CC1(O)F. The van der Waals surface area contributed by atoms with Gasteiger partial charge in [0.25, 0.3) is 0 Å². The molecular formula is C7H8FNO2. The second-order valence-electron chi connectivity index (χ2n) is 2.35. The smallest absolute Gasteiger partial charge is 0.241 e. The molecule has 0 aromatic heterocycles. The molecule has 1 aliphatic rings. The third-order valence-corrected chi connectivity index (χ3v) is 1.49. The molecule has 0 heterocycles. The number of allylic oxidation sites excluding steroid dienone is 2. The van der Waals surface area contributed by atoms with Crippen molar-refractivity contribution in [2.45, 2.75) is 5.85 Å². The van der Waals surface area contributed by atoms with E-state index in [1.165, 1.54) is 18.2 Å². The van der Waals surface area contributed by atoms with Crippen molar-refractivity contribution in [3.63, 3.8) is 0 Å². The van der Waals surface area contributed by atoms with E-state index < -0.39 is 17.7 Å². The molecule has 0 fully saturated rings. The van der Waals surface area contributed by atoms with Crippen molar-refractivity contribution in [3.8, 4) is 0 Å². The lowest BCUT2D eigenvalue weighted by atomic mass is 9.95. The Balaban J connectivity index is 2.89. The average molecular weight is 157 g/mol. The number of halogens is 1. The van der Waals surface area contributed by atoms with E-state index in [0.717, 1.165) is 6.08 Å². The van der Waals surface area contributed by atoms with Crippen molar-refractivity contribution in [3.05, 3.63) is 24.3 Å². The molecule has 1 rings (SSSR count). The predicted molar refractivity (Wildman–Crippen MR) is 37.0 cm³/mol. The molecule has 3 N–H and O–H groups in total. The van der Waals surface area contributed by atoms with Gasteiger partial charge in [0.15, 0.2) is 0 Å². The first-order valence-corrected chi connectivity index (χ1v) is 3.10. The van der Waals surface area contributed by atoms with Crippen molar-refractivity contribution in [2.75, 3.05) is 0 Å². The van der Waals surface area contributed by atoms with Crippen molar-refractivity contribution in [1.82, 2.24) is 0 Å². The van der Waals surface area contributed by atoms with Crippen LogP contribution in [-0.2, 0) is 4.79 Å². The molecule has 11 heavy (non-hydrogen) atoms. The van der Waals surface area contributed by atoms with E-state index >= 15 is 0 Å². The number of nitrogens with two attached hydrogens (primary N) is 1. The summed E-state index contributed by atoms with van der Waals surface area (Å²) in [6.07, 6.45) is 4.90. The first-order valence-electron chi connectivity index (χ1n) is 3.10. The number of aliphatic hydroxyl groups is 1. The van der Waals surface area contributed by atoms with E-state index in [-0.39, 0.29) is 0 Å². The fourth-order valence-corrected chi connectivity index (χ4v) is 0.899. The summed E-state index contributed by atoms with van der Waals surface area (Å²) in [4.78, 5) is 10.5. The highest BCUT2D eigenvalue weighted by atomic mass is 19.2. The van der Waals surface area contributed by atoms with Gasteiger partial charge in [-0.15, -0.1) is 0 Å². The minimum atomic E-state index is -2.62. The molecule has 0 aliphatic heterocycles. The van der Waals surface area contributed by atoms with Crippen LogP contribution in [0.15, 0.2) is 24.3 Å². The monoisotopic (exact) mass is 157 g/mol. The van der Waals surface area contributed by atoms with E-state index in [1.54, 1.807) is 0 Å². The van der Waals surface area contributed by atoms with Crippen LogP contribution >= 0.6 is 0 Å². The Morgan fingerprint density at radius 1 is 1.64 bits per heavy atom. The molecule has 0 saturated carbocycles. The molecule has 1 aliphatic carbocycles. The zero-order chi connectivity index (χ0) is 8.48. The van der Waals surface area contributed by atoms with Gasteiger partial charge in [0.05, 0.1) is 0 Å². The van der Waals surface area contributed by atoms with Gasteiger partial charge < -0.3 is 10.8 Å². The van der Waals surface area contributed by atoms with E-state index in [9.17, 15) is 9.18 Å². The van der Waals surface area contributed by atoms with Gasteiger partial charge in [0.1, 0.15) is 5.92 Å². The summed E-state index contributed by atoms with van der Waals surface area (Å²) in [6.45, 7) is 0. The molecule has 1 amide bonds. The number of hydrogen-bond donors (Lipinski definition) is 2. The summed E-state index contributed by atoms with van der Waals surface area (Å²) < 4.78 is 12.9. The minimum Gasteiger partial charge on any atom is -0.369 e. The first-order chi connectivity index (χ1) is 5.04. The standard InChI is InChI=1S/C7H8FNO2/c8-7(11)4-2-1-3-5(7)6(9)10/h1-5,11H,(H2,9,10). The van der Waals surface area contributed by atoms with Crippen LogP contribution in [0.2, 0.25) is 0 Å². The number of alkyl halides is 1. The Kier molecular flexibility index (Phi) is 1.78. The molecule has 0 radical (unpaired) electrons. The topological polar surface area (TPSA) is 63.3 Å². The second-order valence-corrected chi connectivity index (χ2v) is 2.35. The normalized spacial score (nSPS) is 35.6. The largest absolute Gasteiger partial charge is 0.369 e. The third-order valence-electron chi connectivity index (χ3n) is 1.49. The highest BCUT2D eigenvalue weighted by Gasteiger charge is 2.37. The average Bonchev–Trinajstić information content (AvgIpc) is 1.85. The minimum absolute atomic E-state index is 0.879. The molecule has 60 valence electrons. The Bertz CT molecular complexity index is 233. The number of carbonyl (C=O) groups excluding carboxylic acids is 1. The highest BCUT2D eigenvalue weighted by Crippen LogP contribution is 2.25. The van der Waals surface area contributed by atoms with Crippen LogP contribution in [-0.4, -0.2) is 16.9 Å². The van der Waals surface area contributed by atoms with E-state index in [2.05, 4.69) is 0 Å². The summed E-state index contributed by atoms with van der Waals surface area (Å²) in [7, 11) is 0. The maximum absolute atomic E-state index is 12.9. The number of amides is 1. The molecule has 0 bridgehead atoms. The second kappa shape index (κ2) is 2.47. The van der Waals surface area contributed by atoms with Crippen LogP contribution in [0.3, 0.4) is 0 Å². The molecule has 0 aromatic carbocycles. The molecule has 2 unspecified atom stereocenters. The summed E-state index contributed by atoms with van der Waals surface area (Å²) in [5, 5.41) is 8.90. The zero-order valence-electron chi connectivity index (χ0n) is 5.70. The number of carbonyl (C=O) groups is 1. The van der Waals surface area contributed by atoms with Gasteiger partial charge in [0, 0.05) is 0 Å². The molecule has 0 spiro atoms. The fourth-order valence-electron chi connectivity index (χ4n) is 0.899. The van der Waals surface area contributed by atoms with Crippen molar-refractivity contribution in [2.24, 2.45) is 11.7 Å². The maximum atomic E-state index is 12.9. The predicted octanol–water partition coefficient (Wildman–Crippen LogP) is -0.128. The summed E-state index contributed by atoms with van der Waals surface area (Å²) >= 11 is 0. The van der Waals surface area contributed by atoms with Crippen LogP contribution in [0.1, 0.15) is 0 Å². The van der Waals surface area contributed by atoms with Crippen LogP contribution < -0.4 is 5.73 Å². The number of primary amides is 1. The lowest BCUT2D eigenvalue weighted by Gasteiger charge is -2.22. The molecule has 2 atom stereocenters. The molecule has 0 saturated heterocycles. The Labute approximate surface area is 63.0 Å². The van der Waals surface area contributed by atoms with Crippen molar-refractivity contribution < 1.29 is 14.3 Å². The Morgan fingerprint density at radius 2 is 2.27 bits per heavy atom. The van der Waals surface area contributed by atoms with Crippen molar-refractivity contribution in [1.29, 1.82) is 0 Å². The van der Waals surface area contributed by atoms with Crippen LogP contribution in [0.25, 0.3) is 0 Å². The van der Waals surface area contributed by atoms with Gasteiger partial charge in [-0.2, -0.15) is 0 Å². The number of hydrogen-bond acceptors (Lipinski definition) is 2. The van der Waals surface area contributed by atoms with Crippen molar-refractivity contribution >= 4 is 5.91 Å². The quantitative estimate of drug-likeness (QED) is 0.557. The number of rotatable bonds is 1. The molecule has 3 nitrogen and oxygen atoms in total. The lowest BCUT2D eigenvalue weighted by molar-refractivity contribution is -0.136. The van der Waals surface area contributed by atoms with Gasteiger partial charge in [-0.25, -0.2) is 4.39 Å². The van der Waals surface area contributed by atoms with Crippen LogP contribution in [0.5, 0.6) is 0 Å². The Morgan fingerprint density at radius 3 is 2.64 bits per heavy atom. The molecule has 0 aromatic rings. The zero-order valence-corrected chi connectivity index (χ0v) is 5.70. The van der Waals surface area contributed by atoms with Crippen LogP contribution in [0, 0.1) is 5.92 Å². The van der Waals surface area contributed by atoms with E-state index in [4.69, 9.17) is 10.8 Å². The Hall–Kier alpha value is -1.16. The summed E-state index contributed by atoms with van der Waals surface area (Å²) in [5.41, 5.74) is 4.82. The molecule has 4 heteroatoms. The van der Waals surface area contributed by atoms with Gasteiger partial charge in [-0.1, -0.05) is 18.2 Å².